The lowest BCUT2D eigenvalue weighted by Gasteiger charge is -1.62. The Kier molecular flexibility index (Phi) is 23.9. The summed E-state index contributed by atoms with van der Waals surface area (Å²) in [6.45, 7) is 1.24. The summed E-state index contributed by atoms with van der Waals surface area (Å²) in [5, 5.41) is 7.32. The minimum atomic E-state index is -0.194. The monoisotopic (exact) mass is 215 g/mol. The molecular formula is C4H7FIN. The number of nitrogens with zero attached hydrogens (tertiary/aromatic N) is 1. The predicted molar refractivity (Wildman–Crippen MR) is 36.1 cm³/mol. The van der Waals surface area contributed by atoms with Crippen molar-refractivity contribution >= 4 is 22.6 Å². The lowest BCUT2D eigenvalue weighted by Crippen LogP contribution is -1.64. The Bertz CT molecular complexity index is 48.1. The molecule has 0 rings (SSSR count). The SMILES string of the molecule is CC#N.FCCI. The zero-order chi connectivity index (χ0) is 6.12. The number of hydrogen-bond donors (Lipinski definition) is 0. The highest BCUT2D eigenvalue weighted by Crippen LogP contribution is 1.76. The molecule has 42 valence electrons. The molecule has 0 unspecified atom stereocenters. The van der Waals surface area contributed by atoms with Gasteiger partial charge in [0, 0.05) is 11.4 Å². The van der Waals surface area contributed by atoms with Crippen LogP contribution < -0.4 is 0 Å². The van der Waals surface area contributed by atoms with Gasteiger partial charge in [-0.15, -0.1) is 0 Å². The summed E-state index contributed by atoms with van der Waals surface area (Å²) in [5.41, 5.74) is 0. The molecule has 0 amide bonds. The van der Waals surface area contributed by atoms with Gasteiger partial charge in [0.05, 0.1) is 12.7 Å². The standard InChI is InChI=1S/C2H4FI.C2H3N/c3-1-2-4;1-2-3/h1-2H2;1H3. The molecule has 0 aliphatic rings. The van der Waals surface area contributed by atoms with Crippen LogP contribution in [0.4, 0.5) is 4.39 Å². The molecule has 0 aliphatic heterocycles. The lowest BCUT2D eigenvalue weighted by molar-refractivity contribution is 0.537. The number of nitriles is 1. The van der Waals surface area contributed by atoms with Crippen molar-refractivity contribution < 1.29 is 4.39 Å². The molecule has 0 saturated heterocycles. The van der Waals surface area contributed by atoms with E-state index in [4.69, 9.17) is 5.26 Å². The van der Waals surface area contributed by atoms with Crippen molar-refractivity contribution in [1.82, 2.24) is 0 Å². The van der Waals surface area contributed by atoms with Gasteiger partial charge in [0.2, 0.25) is 0 Å². The molecule has 0 atom stereocenters. The minimum Gasteiger partial charge on any atom is -0.250 e. The molecule has 0 aliphatic carbocycles. The van der Waals surface area contributed by atoms with Crippen LogP contribution in [0.2, 0.25) is 0 Å². The summed E-state index contributed by atoms with van der Waals surface area (Å²) in [7, 11) is 0. The fourth-order valence-electron chi connectivity index (χ4n) is 0. The van der Waals surface area contributed by atoms with Crippen LogP contribution in [0.5, 0.6) is 0 Å². The first kappa shape index (κ1) is 10.2. The number of halogens is 2. The summed E-state index contributed by atoms with van der Waals surface area (Å²) in [5.74, 6) is 0. The summed E-state index contributed by atoms with van der Waals surface area (Å²) in [4.78, 5) is 0. The van der Waals surface area contributed by atoms with Crippen molar-refractivity contribution in [1.29, 1.82) is 5.26 Å². The largest absolute Gasteiger partial charge is 0.250 e. The first-order valence-electron chi connectivity index (χ1n) is 1.76. The Labute approximate surface area is 56.7 Å². The summed E-state index contributed by atoms with van der Waals surface area (Å²) < 4.78 is 11.3. The van der Waals surface area contributed by atoms with E-state index in [9.17, 15) is 4.39 Å². The molecule has 0 fully saturated rings. The van der Waals surface area contributed by atoms with E-state index in [0.29, 0.717) is 4.43 Å². The molecular weight excluding hydrogens is 208 g/mol. The second kappa shape index (κ2) is 16.4. The number of hydrogen-bond acceptors (Lipinski definition) is 1. The summed E-state index contributed by atoms with van der Waals surface area (Å²) >= 11 is 1.98. The first-order valence-corrected chi connectivity index (χ1v) is 3.28. The van der Waals surface area contributed by atoms with Gasteiger partial charge in [-0.3, -0.25) is 4.39 Å². The maximum atomic E-state index is 10.7. The second-order valence-corrected chi connectivity index (χ2v) is 1.68. The fraction of sp³-hybridized carbons (Fsp3) is 0.750. The molecule has 0 aromatic rings. The Hall–Kier alpha value is 0.150. The topological polar surface area (TPSA) is 23.8 Å². The first-order chi connectivity index (χ1) is 3.33. The highest BCUT2D eigenvalue weighted by molar-refractivity contribution is 14.1. The normalized spacial score (nSPS) is 5.43. The van der Waals surface area contributed by atoms with Crippen molar-refractivity contribution in [2.45, 2.75) is 6.92 Å². The van der Waals surface area contributed by atoms with E-state index < -0.39 is 0 Å². The Balaban J connectivity index is 0. The van der Waals surface area contributed by atoms with Crippen LogP contribution >= 0.6 is 22.6 Å². The van der Waals surface area contributed by atoms with Crippen LogP contribution in [0.3, 0.4) is 0 Å². The smallest absolute Gasteiger partial charge is 0.0983 e. The molecule has 0 aromatic carbocycles. The van der Waals surface area contributed by atoms with Gasteiger partial charge in [-0.05, 0) is 0 Å². The van der Waals surface area contributed by atoms with E-state index in [2.05, 4.69) is 0 Å². The molecule has 0 saturated carbocycles. The molecule has 0 aromatic heterocycles. The van der Waals surface area contributed by atoms with E-state index >= 15 is 0 Å². The third kappa shape index (κ3) is 80.1. The fourth-order valence-corrected chi connectivity index (χ4v) is 0. The van der Waals surface area contributed by atoms with Gasteiger partial charge in [-0.1, -0.05) is 22.6 Å². The second-order valence-electron chi connectivity index (χ2n) is 0.602. The third-order valence-corrected chi connectivity index (χ3v) is 0.479. The Morgan fingerprint density at radius 3 is 2.00 bits per heavy atom. The van der Waals surface area contributed by atoms with Crippen LogP contribution in [-0.2, 0) is 0 Å². The van der Waals surface area contributed by atoms with Gasteiger partial charge < -0.3 is 0 Å². The van der Waals surface area contributed by atoms with Gasteiger partial charge >= 0.3 is 0 Å². The number of alkyl halides is 2. The lowest BCUT2D eigenvalue weighted by atomic mass is 10.9. The number of rotatable bonds is 1. The van der Waals surface area contributed by atoms with Crippen LogP contribution in [0.25, 0.3) is 0 Å². The Morgan fingerprint density at radius 1 is 1.86 bits per heavy atom. The maximum absolute atomic E-state index is 10.7. The Morgan fingerprint density at radius 2 is 2.00 bits per heavy atom. The van der Waals surface area contributed by atoms with E-state index in [-0.39, 0.29) is 6.67 Å². The van der Waals surface area contributed by atoms with Crippen molar-refractivity contribution in [2.24, 2.45) is 0 Å². The summed E-state index contributed by atoms with van der Waals surface area (Å²) in [6, 6.07) is 1.75. The molecule has 0 bridgehead atoms. The van der Waals surface area contributed by atoms with Crippen LogP contribution in [-0.4, -0.2) is 11.1 Å². The molecule has 1 nitrogen and oxygen atoms in total. The highest BCUT2D eigenvalue weighted by atomic mass is 127. The van der Waals surface area contributed by atoms with E-state index in [1.807, 2.05) is 22.6 Å². The molecule has 3 heteroatoms. The van der Waals surface area contributed by atoms with E-state index in [1.165, 1.54) is 6.92 Å². The zero-order valence-electron chi connectivity index (χ0n) is 4.12. The van der Waals surface area contributed by atoms with Gasteiger partial charge in [0.1, 0.15) is 0 Å². The van der Waals surface area contributed by atoms with Crippen LogP contribution in [0.15, 0.2) is 0 Å². The van der Waals surface area contributed by atoms with E-state index in [1.54, 1.807) is 6.07 Å². The van der Waals surface area contributed by atoms with Gasteiger partial charge in [-0.2, -0.15) is 5.26 Å². The molecule has 0 radical (unpaired) electrons. The zero-order valence-corrected chi connectivity index (χ0v) is 6.27. The molecule has 0 spiro atoms. The molecule has 0 N–H and O–H groups in total. The average Bonchev–Trinajstić information content (AvgIpc) is 1.69. The van der Waals surface area contributed by atoms with Crippen molar-refractivity contribution in [2.75, 3.05) is 11.1 Å². The maximum Gasteiger partial charge on any atom is 0.0983 e. The van der Waals surface area contributed by atoms with Gasteiger partial charge in [-0.25, -0.2) is 0 Å². The van der Waals surface area contributed by atoms with E-state index in [0.717, 1.165) is 0 Å². The quantitative estimate of drug-likeness (QED) is 0.484. The average molecular weight is 215 g/mol. The van der Waals surface area contributed by atoms with Crippen LogP contribution in [0, 0.1) is 11.3 Å². The van der Waals surface area contributed by atoms with Gasteiger partial charge in [0.15, 0.2) is 0 Å². The van der Waals surface area contributed by atoms with Crippen molar-refractivity contribution in [3.8, 4) is 6.07 Å². The van der Waals surface area contributed by atoms with Crippen LogP contribution in [0.1, 0.15) is 6.92 Å². The predicted octanol–water partition coefficient (Wildman–Crippen LogP) is 1.92. The highest BCUT2D eigenvalue weighted by Gasteiger charge is 1.62. The minimum absolute atomic E-state index is 0.194. The summed E-state index contributed by atoms with van der Waals surface area (Å²) in [6.07, 6.45) is 0. The molecule has 7 heavy (non-hydrogen) atoms. The van der Waals surface area contributed by atoms with Crippen molar-refractivity contribution in [3.05, 3.63) is 0 Å². The van der Waals surface area contributed by atoms with Gasteiger partial charge in [0.25, 0.3) is 0 Å². The third-order valence-electron chi connectivity index (χ3n) is 0.0714. The molecule has 0 heterocycles. The van der Waals surface area contributed by atoms with Crippen molar-refractivity contribution in [3.63, 3.8) is 0 Å².